The lowest BCUT2D eigenvalue weighted by atomic mass is 9.78. The van der Waals surface area contributed by atoms with Crippen LogP contribution in [-0.4, -0.2) is 36.0 Å². The van der Waals surface area contributed by atoms with Gasteiger partial charge in [-0.3, -0.25) is 5.10 Å². The second-order valence-corrected chi connectivity index (χ2v) is 7.91. The Morgan fingerprint density at radius 2 is 1.90 bits per heavy atom. The standard InChI is InChI=1S/C13H22N4O2S/c14-9-11-10-15-16-12(11)20(18,19)17-7-5-13(6-8-17)3-1-2-4-13/h10H,1-9,14H2,(H,15,16). The summed E-state index contributed by atoms with van der Waals surface area (Å²) in [7, 11) is -3.47. The van der Waals surface area contributed by atoms with E-state index in [4.69, 9.17) is 5.73 Å². The van der Waals surface area contributed by atoms with Crippen LogP contribution < -0.4 is 5.73 Å². The maximum absolute atomic E-state index is 12.6. The molecule has 2 fully saturated rings. The fraction of sp³-hybridized carbons (Fsp3) is 0.769. The van der Waals surface area contributed by atoms with Gasteiger partial charge in [0.2, 0.25) is 0 Å². The fourth-order valence-electron chi connectivity index (χ4n) is 3.62. The van der Waals surface area contributed by atoms with Crippen LogP contribution in [0.1, 0.15) is 44.1 Å². The lowest BCUT2D eigenvalue weighted by Gasteiger charge is -2.38. The Hall–Kier alpha value is -0.920. The molecule has 0 aromatic carbocycles. The highest BCUT2D eigenvalue weighted by molar-refractivity contribution is 7.89. The van der Waals surface area contributed by atoms with Crippen LogP contribution >= 0.6 is 0 Å². The molecular formula is C13H22N4O2S. The summed E-state index contributed by atoms with van der Waals surface area (Å²) in [6.07, 6.45) is 8.58. The molecular weight excluding hydrogens is 276 g/mol. The SMILES string of the molecule is NCc1cn[nH]c1S(=O)(=O)N1CCC2(CCCC2)CC1. The molecule has 0 unspecified atom stereocenters. The molecule has 0 bridgehead atoms. The van der Waals surface area contributed by atoms with Crippen molar-refractivity contribution >= 4 is 10.0 Å². The maximum Gasteiger partial charge on any atom is 0.260 e. The maximum atomic E-state index is 12.6. The lowest BCUT2D eigenvalue weighted by Crippen LogP contribution is -2.42. The van der Waals surface area contributed by atoms with Gasteiger partial charge in [-0.05, 0) is 31.1 Å². The Bertz CT molecular complexity index is 565. The quantitative estimate of drug-likeness (QED) is 0.877. The zero-order valence-corrected chi connectivity index (χ0v) is 12.5. The van der Waals surface area contributed by atoms with Crippen molar-refractivity contribution in [3.05, 3.63) is 11.8 Å². The average molecular weight is 298 g/mol. The fourth-order valence-corrected chi connectivity index (χ4v) is 5.18. The van der Waals surface area contributed by atoms with E-state index in [1.54, 1.807) is 4.31 Å². The molecule has 2 heterocycles. The summed E-state index contributed by atoms with van der Waals surface area (Å²) >= 11 is 0. The van der Waals surface area contributed by atoms with Gasteiger partial charge < -0.3 is 5.73 Å². The van der Waals surface area contributed by atoms with Crippen molar-refractivity contribution in [3.8, 4) is 0 Å². The Balaban J connectivity index is 1.77. The summed E-state index contributed by atoms with van der Waals surface area (Å²) in [5, 5.41) is 6.58. The van der Waals surface area contributed by atoms with Gasteiger partial charge in [0.15, 0.2) is 5.03 Å². The van der Waals surface area contributed by atoms with Gasteiger partial charge in [-0.15, -0.1) is 0 Å². The van der Waals surface area contributed by atoms with Gasteiger partial charge in [0, 0.05) is 25.2 Å². The Morgan fingerprint density at radius 1 is 1.25 bits per heavy atom. The van der Waals surface area contributed by atoms with E-state index in [9.17, 15) is 8.42 Å². The molecule has 3 N–H and O–H groups in total. The zero-order valence-electron chi connectivity index (χ0n) is 11.6. The molecule has 1 saturated carbocycles. The molecule has 0 atom stereocenters. The molecule has 1 aromatic heterocycles. The van der Waals surface area contributed by atoms with Crippen LogP contribution in [0.4, 0.5) is 0 Å². The van der Waals surface area contributed by atoms with Crippen molar-refractivity contribution in [1.29, 1.82) is 0 Å². The molecule has 0 amide bonds. The summed E-state index contributed by atoms with van der Waals surface area (Å²) in [6, 6.07) is 0. The third-order valence-corrected chi connectivity index (χ3v) is 6.86. The highest BCUT2D eigenvalue weighted by atomic mass is 32.2. The second-order valence-electron chi connectivity index (χ2n) is 6.04. The summed E-state index contributed by atoms with van der Waals surface area (Å²) in [6.45, 7) is 1.42. The van der Waals surface area contributed by atoms with E-state index in [1.165, 1.54) is 31.9 Å². The summed E-state index contributed by atoms with van der Waals surface area (Å²) in [4.78, 5) is 0. The first-order valence-electron chi connectivity index (χ1n) is 7.30. The number of hydrogen-bond acceptors (Lipinski definition) is 4. The third-order valence-electron chi connectivity index (χ3n) is 4.94. The van der Waals surface area contributed by atoms with E-state index in [2.05, 4.69) is 10.2 Å². The number of aromatic nitrogens is 2. The van der Waals surface area contributed by atoms with E-state index >= 15 is 0 Å². The first-order valence-corrected chi connectivity index (χ1v) is 8.74. The van der Waals surface area contributed by atoms with E-state index in [0.717, 1.165) is 12.8 Å². The number of piperidine rings is 1. The Kier molecular flexibility index (Phi) is 3.60. The smallest absolute Gasteiger partial charge is 0.260 e. The van der Waals surface area contributed by atoms with Crippen LogP contribution in [0.3, 0.4) is 0 Å². The number of aromatic amines is 1. The van der Waals surface area contributed by atoms with Crippen LogP contribution in [0.2, 0.25) is 0 Å². The minimum Gasteiger partial charge on any atom is -0.326 e. The first kappa shape index (κ1) is 14.0. The van der Waals surface area contributed by atoms with Crippen molar-refractivity contribution in [2.75, 3.05) is 13.1 Å². The van der Waals surface area contributed by atoms with Crippen LogP contribution in [0.25, 0.3) is 0 Å². The summed E-state index contributed by atoms with van der Waals surface area (Å²) in [5.74, 6) is 0. The number of sulfonamides is 1. The molecule has 20 heavy (non-hydrogen) atoms. The number of nitrogens with one attached hydrogen (secondary N) is 1. The van der Waals surface area contributed by atoms with Crippen molar-refractivity contribution in [2.24, 2.45) is 11.1 Å². The summed E-state index contributed by atoms with van der Waals surface area (Å²) < 4.78 is 26.8. The molecule has 6 nitrogen and oxygen atoms in total. The normalized spacial score (nSPS) is 23.4. The van der Waals surface area contributed by atoms with Crippen LogP contribution in [0.5, 0.6) is 0 Å². The highest BCUT2D eigenvalue weighted by Crippen LogP contribution is 2.46. The number of nitrogens with two attached hydrogens (primary N) is 1. The second kappa shape index (κ2) is 5.13. The van der Waals surface area contributed by atoms with E-state index in [1.807, 2.05) is 0 Å². The Morgan fingerprint density at radius 3 is 2.50 bits per heavy atom. The van der Waals surface area contributed by atoms with Crippen molar-refractivity contribution in [2.45, 2.75) is 50.1 Å². The lowest BCUT2D eigenvalue weighted by molar-refractivity contribution is 0.160. The van der Waals surface area contributed by atoms with Gasteiger partial charge in [0.25, 0.3) is 10.0 Å². The van der Waals surface area contributed by atoms with Gasteiger partial charge >= 0.3 is 0 Å². The number of nitrogens with zero attached hydrogens (tertiary/aromatic N) is 2. The third kappa shape index (κ3) is 2.27. The summed E-state index contributed by atoms with van der Waals surface area (Å²) in [5.41, 5.74) is 6.55. The molecule has 0 radical (unpaired) electrons. The van der Waals surface area contributed by atoms with Gasteiger partial charge in [0.05, 0.1) is 6.20 Å². The van der Waals surface area contributed by atoms with E-state index < -0.39 is 10.0 Å². The minimum atomic E-state index is -3.47. The van der Waals surface area contributed by atoms with Gasteiger partial charge in [-0.1, -0.05) is 12.8 Å². The van der Waals surface area contributed by atoms with Crippen molar-refractivity contribution < 1.29 is 8.42 Å². The predicted molar refractivity (Wildman–Crippen MR) is 75.4 cm³/mol. The van der Waals surface area contributed by atoms with Crippen LogP contribution in [0.15, 0.2) is 11.2 Å². The number of hydrogen-bond donors (Lipinski definition) is 2. The van der Waals surface area contributed by atoms with E-state index in [0.29, 0.717) is 24.1 Å². The monoisotopic (exact) mass is 298 g/mol. The molecule has 1 aliphatic carbocycles. The van der Waals surface area contributed by atoms with Crippen LogP contribution in [0, 0.1) is 5.41 Å². The predicted octanol–water partition coefficient (Wildman–Crippen LogP) is 1.21. The first-order chi connectivity index (χ1) is 9.57. The molecule has 112 valence electrons. The van der Waals surface area contributed by atoms with Gasteiger partial charge in [0.1, 0.15) is 0 Å². The minimum absolute atomic E-state index is 0.169. The van der Waals surface area contributed by atoms with Crippen molar-refractivity contribution in [3.63, 3.8) is 0 Å². The molecule has 1 spiro atoms. The number of H-pyrrole nitrogens is 1. The van der Waals surface area contributed by atoms with Gasteiger partial charge in [-0.2, -0.15) is 9.40 Å². The van der Waals surface area contributed by atoms with E-state index in [-0.39, 0.29) is 11.6 Å². The molecule has 7 heteroatoms. The van der Waals surface area contributed by atoms with Crippen molar-refractivity contribution in [1.82, 2.24) is 14.5 Å². The topological polar surface area (TPSA) is 92.1 Å². The average Bonchev–Trinajstić information content (AvgIpc) is 3.08. The molecule has 3 rings (SSSR count). The zero-order chi connectivity index (χ0) is 14.2. The molecule has 1 aromatic rings. The van der Waals surface area contributed by atoms with Crippen LogP contribution in [-0.2, 0) is 16.6 Å². The molecule has 1 saturated heterocycles. The van der Waals surface area contributed by atoms with Gasteiger partial charge in [-0.25, -0.2) is 8.42 Å². The Labute approximate surface area is 119 Å². The largest absolute Gasteiger partial charge is 0.326 e. The molecule has 2 aliphatic rings. The number of rotatable bonds is 3. The molecule has 1 aliphatic heterocycles. The highest BCUT2D eigenvalue weighted by Gasteiger charge is 2.40.